The van der Waals surface area contributed by atoms with Gasteiger partial charge < -0.3 is 9.67 Å². The van der Waals surface area contributed by atoms with E-state index in [0.717, 1.165) is 6.07 Å². The second kappa shape index (κ2) is 5.27. The Balaban J connectivity index is 2.18. The Morgan fingerprint density at radius 1 is 1.39 bits per heavy atom. The third-order valence-electron chi connectivity index (χ3n) is 2.81. The van der Waals surface area contributed by atoms with Gasteiger partial charge in [0.1, 0.15) is 23.6 Å². The standard InChI is InChI=1S/C13H14F2N2O/c1-2-17-6-5-16-13(17)12(18)7-9-3-4-10(14)8-11(9)15/h3-6,8,12,18H,2,7H2,1H3. The highest BCUT2D eigenvalue weighted by Gasteiger charge is 2.16. The summed E-state index contributed by atoms with van der Waals surface area (Å²) < 4.78 is 28.0. The van der Waals surface area contributed by atoms with Gasteiger partial charge in [-0.1, -0.05) is 6.07 Å². The lowest BCUT2D eigenvalue weighted by molar-refractivity contribution is 0.162. The van der Waals surface area contributed by atoms with Crippen LogP contribution in [0.2, 0.25) is 0 Å². The van der Waals surface area contributed by atoms with Crippen LogP contribution in [0.15, 0.2) is 30.6 Å². The van der Waals surface area contributed by atoms with Gasteiger partial charge in [-0.05, 0) is 18.6 Å². The molecule has 18 heavy (non-hydrogen) atoms. The van der Waals surface area contributed by atoms with Gasteiger partial charge in [0, 0.05) is 31.4 Å². The van der Waals surface area contributed by atoms with Crippen molar-refractivity contribution in [2.45, 2.75) is 26.0 Å². The highest BCUT2D eigenvalue weighted by molar-refractivity contribution is 5.20. The van der Waals surface area contributed by atoms with E-state index in [0.29, 0.717) is 12.4 Å². The van der Waals surface area contributed by atoms with E-state index in [9.17, 15) is 13.9 Å². The summed E-state index contributed by atoms with van der Waals surface area (Å²) in [6, 6.07) is 3.33. The van der Waals surface area contributed by atoms with E-state index in [4.69, 9.17) is 0 Å². The number of hydrogen-bond acceptors (Lipinski definition) is 2. The van der Waals surface area contributed by atoms with Gasteiger partial charge in [-0.25, -0.2) is 13.8 Å². The number of rotatable bonds is 4. The molecule has 1 unspecified atom stereocenters. The third-order valence-corrected chi connectivity index (χ3v) is 2.81. The Bertz CT molecular complexity index is 540. The summed E-state index contributed by atoms with van der Waals surface area (Å²) >= 11 is 0. The first-order chi connectivity index (χ1) is 8.61. The summed E-state index contributed by atoms with van der Waals surface area (Å²) in [7, 11) is 0. The molecule has 1 atom stereocenters. The molecule has 0 aliphatic rings. The van der Waals surface area contributed by atoms with Gasteiger partial charge in [-0.15, -0.1) is 0 Å². The van der Waals surface area contributed by atoms with Gasteiger partial charge in [0.25, 0.3) is 0 Å². The summed E-state index contributed by atoms with van der Waals surface area (Å²) in [4.78, 5) is 4.05. The summed E-state index contributed by atoms with van der Waals surface area (Å²) in [6.45, 7) is 2.61. The molecular formula is C13H14F2N2O. The molecule has 0 aliphatic carbocycles. The van der Waals surface area contributed by atoms with Crippen molar-refractivity contribution in [1.29, 1.82) is 0 Å². The van der Waals surface area contributed by atoms with Crippen molar-refractivity contribution in [1.82, 2.24) is 9.55 Å². The lowest BCUT2D eigenvalue weighted by atomic mass is 10.1. The number of halogens is 2. The quantitative estimate of drug-likeness (QED) is 0.907. The highest BCUT2D eigenvalue weighted by Crippen LogP contribution is 2.19. The highest BCUT2D eigenvalue weighted by atomic mass is 19.1. The molecular weight excluding hydrogens is 238 g/mol. The fourth-order valence-corrected chi connectivity index (χ4v) is 1.87. The Morgan fingerprint density at radius 2 is 2.17 bits per heavy atom. The number of aliphatic hydroxyl groups excluding tert-OH is 1. The average Bonchev–Trinajstić information content (AvgIpc) is 2.81. The maximum Gasteiger partial charge on any atom is 0.137 e. The molecule has 1 heterocycles. The summed E-state index contributed by atoms with van der Waals surface area (Å²) in [5.41, 5.74) is 0.273. The van der Waals surface area contributed by atoms with Crippen molar-refractivity contribution >= 4 is 0 Å². The maximum absolute atomic E-state index is 13.5. The molecule has 96 valence electrons. The Labute approximate surface area is 104 Å². The first kappa shape index (κ1) is 12.7. The molecule has 0 fully saturated rings. The molecule has 0 spiro atoms. The number of aromatic nitrogens is 2. The van der Waals surface area contributed by atoms with Crippen LogP contribution in [0.5, 0.6) is 0 Å². The molecule has 5 heteroatoms. The third kappa shape index (κ3) is 2.56. The largest absolute Gasteiger partial charge is 0.385 e. The number of aliphatic hydroxyl groups is 1. The minimum atomic E-state index is -0.903. The predicted octanol–water partition coefficient (Wildman–Crippen LogP) is 2.46. The second-order valence-electron chi connectivity index (χ2n) is 4.03. The lowest BCUT2D eigenvalue weighted by Gasteiger charge is -2.12. The molecule has 0 aliphatic heterocycles. The molecule has 1 aromatic carbocycles. The first-order valence-corrected chi connectivity index (χ1v) is 5.74. The number of aryl methyl sites for hydroxylation is 1. The normalized spacial score (nSPS) is 12.7. The van der Waals surface area contributed by atoms with Crippen molar-refractivity contribution < 1.29 is 13.9 Å². The van der Waals surface area contributed by atoms with Crippen molar-refractivity contribution in [3.8, 4) is 0 Å². The van der Waals surface area contributed by atoms with Gasteiger partial charge in [-0.3, -0.25) is 0 Å². The first-order valence-electron chi connectivity index (χ1n) is 5.74. The SMILES string of the molecule is CCn1ccnc1C(O)Cc1ccc(F)cc1F. The van der Waals surface area contributed by atoms with E-state index < -0.39 is 17.7 Å². The van der Waals surface area contributed by atoms with E-state index in [1.54, 1.807) is 17.0 Å². The second-order valence-corrected chi connectivity index (χ2v) is 4.03. The van der Waals surface area contributed by atoms with Crippen molar-refractivity contribution in [3.05, 3.63) is 53.6 Å². The van der Waals surface area contributed by atoms with Gasteiger partial charge in [-0.2, -0.15) is 0 Å². The molecule has 0 radical (unpaired) electrons. The van der Waals surface area contributed by atoms with Crippen LogP contribution in [0.25, 0.3) is 0 Å². The molecule has 3 nitrogen and oxygen atoms in total. The molecule has 1 aromatic heterocycles. The van der Waals surface area contributed by atoms with Crippen molar-refractivity contribution in [3.63, 3.8) is 0 Å². The van der Waals surface area contributed by atoms with Crippen LogP contribution in [0.4, 0.5) is 8.78 Å². The molecule has 2 aromatic rings. The van der Waals surface area contributed by atoms with Crippen LogP contribution < -0.4 is 0 Å². The monoisotopic (exact) mass is 252 g/mol. The van der Waals surface area contributed by atoms with Crippen LogP contribution in [0.1, 0.15) is 24.4 Å². The van der Waals surface area contributed by atoms with E-state index in [-0.39, 0.29) is 12.0 Å². The molecule has 0 bridgehead atoms. The van der Waals surface area contributed by atoms with Crippen molar-refractivity contribution in [2.24, 2.45) is 0 Å². The fraction of sp³-hybridized carbons (Fsp3) is 0.308. The molecule has 1 N–H and O–H groups in total. The van der Waals surface area contributed by atoms with Crippen molar-refractivity contribution in [2.75, 3.05) is 0 Å². The minimum Gasteiger partial charge on any atom is -0.385 e. The summed E-state index contributed by atoms with van der Waals surface area (Å²) in [6.07, 6.45) is 2.51. The van der Waals surface area contributed by atoms with E-state index in [1.165, 1.54) is 12.1 Å². The fourth-order valence-electron chi connectivity index (χ4n) is 1.87. The van der Waals surface area contributed by atoms with E-state index in [2.05, 4.69) is 4.98 Å². The smallest absolute Gasteiger partial charge is 0.137 e. The summed E-state index contributed by atoms with van der Waals surface area (Å²) in [5.74, 6) is -0.786. The number of nitrogens with zero attached hydrogens (tertiary/aromatic N) is 2. The van der Waals surface area contributed by atoms with Crippen LogP contribution in [0.3, 0.4) is 0 Å². The van der Waals surface area contributed by atoms with Crippen LogP contribution >= 0.6 is 0 Å². The molecule has 0 saturated heterocycles. The van der Waals surface area contributed by atoms with E-state index in [1.807, 2.05) is 6.92 Å². The van der Waals surface area contributed by atoms with E-state index >= 15 is 0 Å². The summed E-state index contributed by atoms with van der Waals surface area (Å²) in [5, 5.41) is 10.0. The number of benzene rings is 1. The van der Waals surface area contributed by atoms with Gasteiger partial charge >= 0.3 is 0 Å². The van der Waals surface area contributed by atoms with Crippen LogP contribution in [-0.2, 0) is 13.0 Å². The molecule has 2 rings (SSSR count). The van der Waals surface area contributed by atoms with Gasteiger partial charge in [0.15, 0.2) is 0 Å². The van der Waals surface area contributed by atoms with Crippen LogP contribution in [0, 0.1) is 11.6 Å². The molecule has 0 amide bonds. The zero-order chi connectivity index (χ0) is 13.1. The van der Waals surface area contributed by atoms with Gasteiger partial charge in [0.2, 0.25) is 0 Å². The van der Waals surface area contributed by atoms with Crippen LogP contribution in [-0.4, -0.2) is 14.7 Å². The zero-order valence-corrected chi connectivity index (χ0v) is 9.98. The number of hydrogen-bond donors (Lipinski definition) is 1. The average molecular weight is 252 g/mol. The Kier molecular flexibility index (Phi) is 3.72. The zero-order valence-electron chi connectivity index (χ0n) is 9.98. The maximum atomic E-state index is 13.5. The Hall–Kier alpha value is -1.75. The van der Waals surface area contributed by atoms with Gasteiger partial charge in [0.05, 0.1) is 0 Å². The predicted molar refractivity (Wildman–Crippen MR) is 62.9 cm³/mol. The Morgan fingerprint density at radius 3 is 2.83 bits per heavy atom. The lowest BCUT2D eigenvalue weighted by Crippen LogP contribution is -2.11. The topological polar surface area (TPSA) is 38.0 Å². The number of imidazole rings is 1. The minimum absolute atomic E-state index is 0.0725. The molecule has 0 saturated carbocycles.